The number of carbonyl (C=O) groups is 3. The molecule has 39 heavy (non-hydrogen) atoms. The predicted molar refractivity (Wildman–Crippen MR) is 150 cm³/mol. The van der Waals surface area contributed by atoms with E-state index in [1.54, 1.807) is 4.68 Å². The van der Waals surface area contributed by atoms with Crippen molar-refractivity contribution < 1.29 is 28.6 Å². The summed E-state index contributed by atoms with van der Waals surface area (Å²) in [6.07, 6.45) is 2.48. The summed E-state index contributed by atoms with van der Waals surface area (Å²) in [7, 11) is 3.93. The van der Waals surface area contributed by atoms with Crippen LogP contribution in [0.1, 0.15) is 39.0 Å². The van der Waals surface area contributed by atoms with Crippen LogP contribution in [-0.2, 0) is 30.3 Å². The van der Waals surface area contributed by atoms with Crippen LogP contribution in [0.5, 0.6) is 0 Å². The molecule has 1 aliphatic carbocycles. The van der Waals surface area contributed by atoms with E-state index in [2.05, 4.69) is 15.5 Å². The largest absolute Gasteiger partial charge is 0.511 e. The minimum Gasteiger partial charge on any atom is -0.431 e. The van der Waals surface area contributed by atoms with Crippen molar-refractivity contribution in [2.24, 2.45) is 5.73 Å². The number of fused-ring (bicyclic) bond motifs is 1. The lowest BCUT2D eigenvalue weighted by Gasteiger charge is -2.48. The first-order valence-corrected chi connectivity index (χ1v) is 14.3. The standard InChI is InChI=1S/C22H33N7O6S2.2ClH/c1-13(34-22(32)35-15-7-5-4-6-8-15)33-20(31)17-14(11-36-19-16(23)18(30)29(17)19)12-37-21-24-25-26-28(21)10-9-27(2)3;;/h13,15-16,19H,4-12,23H2,1-3H3;2*1H/t13?,16-,19+;;/m1../s1. The van der Waals surface area contributed by atoms with Gasteiger partial charge < -0.3 is 24.8 Å². The Morgan fingerprint density at radius 1 is 1.21 bits per heavy atom. The van der Waals surface area contributed by atoms with Crippen molar-refractivity contribution in [2.75, 3.05) is 32.1 Å². The molecule has 0 aromatic carbocycles. The van der Waals surface area contributed by atoms with Crippen LogP contribution in [0.2, 0.25) is 0 Å². The van der Waals surface area contributed by atoms with E-state index in [1.165, 1.54) is 35.3 Å². The first-order chi connectivity index (χ1) is 17.7. The van der Waals surface area contributed by atoms with Crippen LogP contribution in [-0.4, -0.2) is 104 Å². The fourth-order valence-corrected chi connectivity index (χ4v) is 6.61. The number of nitrogens with two attached hydrogens (primary N) is 1. The van der Waals surface area contributed by atoms with Gasteiger partial charge in [-0.05, 0) is 55.8 Å². The molecule has 2 aliphatic heterocycles. The summed E-state index contributed by atoms with van der Waals surface area (Å²) in [4.78, 5) is 41.4. The van der Waals surface area contributed by atoms with E-state index in [0.29, 0.717) is 28.8 Å². The quantitative estimate of drug-likeness (QED) is 0.174. The van der Waals surface area contributed by atoms with E-state index in [0.717, 1.165) is 38.6 Å². The van der Waals surface area contributed by atoms with Gasteiger partial charge in [-0.15, -0.1) is 41.7 Å². The highest BCUT2D eigenvalue weighted by molar-refractivity contribution is 8.01. The maximum Gasteiger partial charge on any atom is 0.511 e. The van der Waals surface area contributed by atoms with Gasteiger partial charge in [-0.3, -0.25) is 9.69 Å². The van der Waals surface area contributed by atoms with Gasteiger partial charge in [0.2, 0.25) is 17.4 Å². The van der Waals surface area contributed by atoms with Crippen molar-refractivity contribution in [3.8, 4) is 0 Å². The third kappa shape index (κ3) is 8.36. The zero-order chi connectivity index (χ0) is 26.5. The summed E-state index contributed by atoms with van der Waals surface area (Å²) >= 11 is 2.86. The molecule has 1 aromatic heterocycles. The third-order valence-corrected chi connectivity index (χ3v) is 8.67. The molecule has 3 atom stereocenters. The van der Waals surface area contributed by atoms with Crippen LogP contribution in [0.15, 0.2) is 16.4 Å². The maximum atomic E-state index is 13.2. The van der Waals surface area contributed by atoms with Gasteiger partial charge in [0.1, 0.15) is 23.2 Å². The normalized spacial score (nSPS) is 21.8. The summed E-state index contributed by atoms with van der Waals surface area (Å²) < 4.78 is 17.6. The van der Waals surface area contributed by atoms with Crippen LogP contribution in [0.4, 0.5) is 4.79 Å². The molecule has 1 amide bonds. The number of ether oxygens (including phenoxy) is 3. The van der Waals surface area contributed by atoms with E-state index in [1.807, 2.05) is 19.0 Å². The summed E-state index contributed by atoms with van der Waals surface area (Å²) in [5.74, 6) is -0.263. The van der Waals surface area contributed by atoms with Crippen molar-refractivity contribution in [3.05, 3.63) is 11.3 Å². The Morgan fingerprint density at radius 3 is 2.62 bits per heavy atom. The number of hydrogen-bond acceptors (Lipinski definition) is 13. The number of halogens is 2. The fraction of sp³-hybridized carbons (Fsp3) is 0.727. The summed E-state index contributed by atoms with van der Waals surface area (Å²) in [6, 6.07) is -0.681. The monoisotopic (exact) mass is 627 g/mol. The molecule has 1 saturated carbocycles. The SMILES string of the molecule is CC(OC(=O)OC1CCCCC1)OC(=O)C1=C(CSc2nnnn2CCN(C)C)CS[C@H]2[C@H](N)C(=O)N12.Cl.Cl. The van der Waals surface area contributed by atoms with Crippen LogP contribution in [0, 0.1) is 0 Å². The summed E-state index contributed by atoms with van der Waals surface area (Å²) in [5, 5.41) is 12.1. The molecule has 1 unspecified atom stereocenters. The third-order valence-electron chi connectivity index (χ3n) is 6.27. The minimum atomic E-state index is -1.19. The highest BCUT2D eigenvalue weighted by Crippen LogP contribution is 2.41. The molecule has 1 saturated heterocycles. The number of likely N-dealkylation sites (N-methyl/N-ethyl adjacent to an activating group) is 1. The average molecular weight is 629 g/mol. The number of amides is 1. The van der Waals surface area contributed by atoms with Crippen LogP contribution >= 0.6 is 48.3 Å². The molecule has 17 heteroatoms. The topological polar surface area (TPSA) is 155 Å². The molecule has 220 valence electrons. The van der Waals surface area contributed by atoms with Crippen molar-refractivity contribution >= 4 is 66.4 Å². The lowest BCUT2D eigenvalue weighted by Crippen LogP contribution is -2.68. The number of β-lactam (4-membered cyclic amide) rings is 1. The zero-order valence-electron chi connectivity index (χ0n) is 22.0. The van der Waals surface area contributed by atoms with E-state index in [9.17, 15) is 14.4 Å². The van der Waals surface area contributed by atoms with Gasteiger partial charge in [0, 0.05) is 25.0 Å². The van der Waals surface area contributed by atoms with Gasteiger partial charge in [0.25, 0.3) is 0 Å². The Balaban J connectivity index is 0.00000267. The lowest BCUT2D eigenvalue weighted by molar-refractivity contribution is -0.169. The molecule has 0 bridgehead atoms. The lowest BCUT2D eigenvalue weighted by atomic mass is 9.98. The number of tetrazole rings is 1. The molecule has 0 radical (unpaired) electrons. The van der Waals surface area contributed by atoms with Gasteiger partial charge in [0.15, 0.2) is 0 Å². The molecule has 1 aromatic rings. The van der Waals surface area contributed by atoms with E-state index in [4.69, 9.17) is 19.9 Å². The number of aromatic nitrogens is 4. The van der Waals surface area contributed by atoms with Crippen LogP contribution in [0.25, 0.3) is 0 Å². The van der Waals surface area contributed by atoms with Crippen molar-refractivity contribution in [3.63, 3.8) is 0 Å². The molecule has 2 N–H and O–H groups in total. The minimum absolute atomic E-state index is 0. The summed E-state index contributed by atoms with van der Waals surface area (Å²) in [6.45, 7) is 2.81. The number of thioether (sulfide) groups is 2. The van der Waals surface area contributed by atoms with Crippen molar-refractivity contribution in [1.29, 1.82) is 0 Å². The van der Waals surface area contributed by atoms with Gasteiger partial charge in [-0.25, -0.2) is 14.3 Å². The Hall–Kier alpha value is -1.78. The number of hydrogen-bond donors (Lipinski definition) is 1. The number of esters is 1. The molecule has 3 aliphatic rings. The Bertz CT molecular complexity index is 1040. The second-order valence-electron chi connectivity index (χ2n) is 9.38. The predicted octanol–water partition coefficient (Wildman–Crippen LogP) is 2.04. The first kappa shape index (κ1) is 33.4. The van der Waals surface area contributed by atoms with E-state index < -0.39 is 24.5 Å². The second-order valence-corrected chi connectivity index (χ2v) is 11.4. The number of rotatable bonds is 10. The first-order valence-electron chi connectivity index (χ1n) is 12.3. The van der Waals surface area contributed by atoms with Crippen LogP contribution in [0.3, 0.4) is 0 Å². The molecular weight excluding hydrogens is 593 g/mol. The molecular formula is C22H35Cl2N7O6S2. The van der Waals surface area contributed by atoms with E-state index in [-0.39, 0.29) is 47.9 Å². The maximum absolute atomic E-state index is 13.2. The number of nitrogens with zero attached hydrogens (tertiary/aromatic N) is 6. The molecule has 13 nitrogen and oxygen atoms in total. The van der Waals surface area contributed by atoms with Gasteiger partial charge in [-0.1, -0.05) is 18.2 Å². The van der Waals surface area contributed by atoms with Crippen molar-refractivity contribution in [2.45, 2.75) is 74.5 Å². The van der Waals surface area contributed by atoms with Crippen molar-refractivity contribution in [1.82, 2.24) is 30.0 Å². The summed E-state index contributed by atoms with van der Waals surface area (Å²) in [5.41, 5.74) is 6.78. The van der Waals surface area contributed by atoms with Crippen LogP contribution < -0.4 is 5.73 Å². The Kier molecular flexibility index (Phi) is 13.1. The van der Waals surface area contributed by atoms with Gasteiger partial charge in [0.05, 0.1) is 6.54 Å². The molecule has 0 spiro atoms. The Morgan fingerprint density at radius 2 is 1.92 bits per heavy atom. The van der Waals surface area contributed by atoms with Gasteiger partial charge >= 0.3 is 12.1 Å². The molecule has 3 heterocycles. The smallest absolute Gasteiger partial charge is 0.431 e. The second kappa shape index (κ2) is 15.3. The average Bonchev–Trinajstić information content (AvgIpc) is 3.32. The highest BCUT2D eigenvalue weighted by atomic mass is 35.5. The van der Waals surface area contributed by atoms with Gasteiger partial charge in [-0.2, -0.15) is 0 Å². The highest BCUT2D eigenvalue weighted by Gasteiger charge is 2.52. The Labute approximate surface area is 248 Å². The zero-order valence-corrected chi connectivity index (χ0v) is 25.3. The van der Waals surface area contributed by atoms with E-state index >= 15 is 0 Å². The fourth-order valence-electron chi connectivity index (χ4n) is 4.28. The molecule has 4 rings (SSSR count). The number of carbonyl (C=O) groups excluding carboxylic acids is 3. The molecule has 2 fully saturated rings.